The van der Waals surface area contributed by atoms with Gasteiger partial charge in [-0.1, -0.05) is 0 Å². The Hall–Kier alpha value is 0.759. The zero-order valence-electron chi connectivity index (χ0n) is 6.23. The molecule has 0 bridgehead atoms. The molecule has 2 radical (unpaired) electrons. The van der Waals surface area contributed by atoms with Crippen molar-refractivity contribution in [1.29, 1.82) is 0 Å². The molecule has 0 aliphatic rings. The fraction of sp³-hybridized carbons (Fsp3) is 1.00. The van der Waals surface area contributed by atoms with Gasteiger partial charge in [0.05, 0.1) is 0 Å². The third-order valence-electron chi connectivity index (χ3n) is 0.816. The van der Waals surface area contributed by atoms with Gasteiger partial charge in [-0.15, -0.1) is 0 Å². The normalized spacial score (nSPS) is 11.2. The summed E-state index contributed by atoms with van der Waals surface area (Å²) in [7, 11) is 4.38. The van der Waals surface area contributed by atoms with Gasteiger partial charge in [0.1, 0.15) is 0 Å². The van der Waals surface area contributed by atoms with Crippen LogP contribution in [0.1, 0.15) is 13.8 Å². The molecule has 0 aromatic rings. The predicted octanol–water partition coefficient (Wildman–Crippen LogP) is 1.24. The maximum absolute atomic E-state index is 2.39. The van der Waals surface area contributed by atoms with Crippen LogP contribution in [0, 0.1) is 5.92 Å². The number of hydrogen-bond acceptors (Lipinski definition) is 1. The molecule has 8 heavy (non-hydrogen) atoms. The SMILES string of the molecule is CC(C)[CH2][Sn][N](C)C. The molecular formula is C6H15NSn. The van der Waals surface area contributed by atoms with Crippen LogP contribution in [0.25, 0.3) is 0 Å². The van der Waals surface area contributed by atoms with E-state index in [1.54, 1.807) is 0 Å². The molecule has 0 unspecified atom stereocenters. The van der Waals surface area contributed by atoms with Gasteiger partial charge in [-0.2, -0.15) is 0 Å². The monoisotopic (exact) mass is 221 g/mol. The second-order valence-corrected chi connectivity index (χ2v) is 7.27. The minimum absolute atomic E-state index is 0.112. The molecule has 0 saturated carbocycles. The van der Waals surface area contributed by atoms with Crippen molar-refractivity contribution < 1.29 is 0 Å². The fourth-order valence-electron chi connectivity index (χ4n) is 0.365. The van der Waals surface area contributed by atoms with Crippen LogP contribution in [0.3, 0.4) is 0 Å². The van der Waals surface area contributed by atoms with Crippen molar-refractivity contribution in [3.05, 3.63) is 0 Å². The zero-order valence-corrected chi connectivity index (χ0v) is 9.09. The van der Waals surface area contributed by atoms with E-state index in [9.17, 15) is 0 Å². The summed E-state index contributed by atoms with van der Waals surface area (Å²) in [5.74, 6) is 0.920. The summed E-state index contributed by atoms with van der Waals surface area (Å²) in [6.07, 6.45) is 0. The molecule has 0 rings (SSSR count). The van der Waals surface area contributed by atoms with Gasteiger partial charge in [0, 0.05) is 0 Å². The molecule has 0 heterocycles. The summed E-state index contributed by atoms with van der Waals surface area (Å²) in [6.45, 7) is 4.59. The van der Waals surface area contributed by atoms with E-state index in [4.69, 9.17) is 0 Å². The van der Waals surface area contributed by atoms with E-state index in [1.807, 2.05) is 0 Å². The van der Waals surface area contributed by atoms with Crippen molar-refractivity contribution in [3.8, 4) is 0 Å². The van der Waals surface area contributed by atoms with E-state index in [-0.39, 0.29) is 21.4 Å². The Morgan fingerprint density at radius 1 is 1.38 bits per heavy atom. The van der Waals surface area contributed by atoms with Gasteiger partial charge in [0.25, 0.3) is 0 Å². The Kier molecular flexibility index (Phi) is 5.06. The first-order valence-corrected chi connectivity index (χ1v) is 6.33. The molecule has 0 fully saturated rings. The Labute approximate surface area is 63.0 Å². The van der Waals surface area contributed by atoms with E-state index in [1.165, 1.54) is 4.44 Å². The molecule has 0 aromatic heterocycles. The molecule has 0 amide bonds. The fourth-order valence-corrected chi connectivity index (χ4v) is 2.45. The Balaban J connectivity index is 2.93. The van der Waals surface area contributed by atoms with Crippen molar-refractivity contribution in [2.24, 2.45) is 5.92 Å². The molecule has 0 aliphatic carbocycles. The second kappa shape index (κ2) is 4.62. The van der Waals surface area contributed by atoms with Crippen LogP contribution in [0.2, 0.25) is 4.44 Å². The van der Waals surface area contributed by atoms with Crippen molar-refractivity contribution >= 4 is 21.4 Å². The summed E-state index contributed by atoms with van der Waals surface area (Å²) >= 11 is -0.112. The van der Waals surface area contributed by atoms with E-state index in [0.29, 0.717) is 0 Å². The third kappa shape index (κ3) is 6.76. The van der Waals surface area contributed by atoms with Gasteiger partial charge in [0.15, 0.2) is 0 Å². The van der Waals surface area contributed by atoms with E-state index in [2.05, 4.69) is 31.1 Å². The van der Waals surface area contributed by atoms with Crippen LogP contribution in [-0.4, -0.2) is 38.6 Å². The van der Waals surface area contributed by atoms with Crippen LogP contribution in [0.15, 0.2) is 0 Å². The van der Waals surface area contributed by atoms with Crippen molar-refractivity contribution in [2.45, 2.75) is 18.3 Å². The number of rotatable bonds is 3. The van der Waals surface area contributed by atoms with Gasteiger partial charge in [-0.3, -0.25) is 0 Å². The van der Waals surface area contributed by atoms with Crippen molar-refractivity contribution in [1.82, 2.24) is 3.12 Å². The first kappa shape index (κ1) is 8.76. The average Bonchev–Trinajstić information content (AvgIpc) is 1.61. The quantitative estimate of drug-likeness (QED) is 0.646. The number of hydrogen-bond donors (Lipinski definition) is 0. The van der Waals surface area contributed by atoms with Gasteiger partial charge in [-0.25, -0.2) is 0 Å². The van der Waals surface area contributed by atoms with Crippen LogP contribution < -0.4 is 0 Å². The van der Waals surface area contributed by atoms with E-state index in [0.717, 1.165) is 5.92 Å². The van der Waals surface area contributed by atoms with Crippen LogP contribution >= 0.6 is 0 Å². The molecule has 0 aromatic carbocycles. The third-order valence-corrected chi connectivity index (χ3v) is 5.47. The molecule has 48 valence electrons. The van der Waals surface area contributed by atoms with E-state index >= 15 is 0 Å². The maximum atomic E-state index is 2.39. The van der Waals surface area contributed by atoms with Crippen LogP contribution in [-0.2, 0) is 0 Å². The second-order valence-electron chi connectivity index (χ2n) is 2.65. The van der Waals surface area contributed by atoms with Gasteiger partial charge in [-0.05, 0) is 0 Å². The van der Waals surface area contributed by atoms with Gasteiger partial charge in [0.2, 0.25) is 0 Å². The molecule has 0 N–H and O–H groups in total. The van der Waals surface area contributed by atoms with Crippen LogP contribution in [0.5, 0.6) is 0 Å². The van der Waals surface area contributed by atoms with E-state index < -0.39 is 0 Å². The summed E-state index contributed by atoms with van der Waals surface area (Å²) in [4.78, 5) is 0. The van der Waals surface area contributed by atoms with Crippen molar-refractivity contribution in [3.63, 3.8) is 0 Å². The molecule has 2 heteroatoms. The first-order valence-electron chi connectivity index (χ1n) is 3.03. The number of nitrogens with zero attached hydrogens (tertiary/aromatic N) is 1. The Morgan fingerprint density at radius 3 is 2.00 bits per heavy atom. The summed E-state index contributed by atoms with van der Waals surface area (Å²) in [6, 6.07) is 0. The standard InChI is InChI=1S/C4H9.C2H6N.Sn/c1-4(2)3;1-3-2;/h4H,1H2,2-3H3;1-2H3;/q;-1;+1. The average molecular weight is 220 g/mol. The summed E-state index contributed by atoms with van der Waals surface area (Å²) < 4.78 is 3.87. The van der Waals surface area contributed by atoms with Gasteiger partial charge < -0.3 is 0 Å². The molecular weight excluding hydrogens is 205 g/mol. The first-order chi connectivity index (χ1) is 3.63. The summed E-state index contributed by atoms with van der Waals surface area (Å²) in [5.41, 5.74) is 0. The molecule has 0 aliphatic heterocycles. The predicted molar refractivity (Wildman–Crippen MR) is 39.1 cm³/mol. The minimum atomic E-state index is -0.112. The van der Waals surface area contributed by atoms with Crippen LogP contribution in [0.4, 0.5) is 0 Å². The Bertz CT molecular complexity index is 44.5. The zero-order chi connectivity index (χ0) is 6.57. The topological polar surface area (TPSA) is 3.24 Å². The molecule has 0 spiro atoms. The Morgan fingerprint density at radius 2 is 1.88 bits per heavy atom. The molecule has 0 saturated heterocycles. The van der Waals surface area contributed by atoms with Gasteiger partial charge >= 0.3 is 62.8 Å². The molecule has 0 atom stereocenters. The molecule has 1 nitrogen and oxygen atoms in total. The van der Waals surface area contributed by atoms with Crippen molar-refractivity contribution in [2.75, 3.05) is 14.1 Å². The summed E-state index contributed by atoms with van der Waals surface area (Å²) in [5, 5.41) is 0.